The van der Waals surface area contributed by atoms with Crippen LogP contribution < -0.4 is 0 Å². The lowest BCUT2D eigenvalue weighted by Gasteiger charge is -2.03. The summed E-state index contributed by atoms with van der Waals surface area (Å²) in [6, 6.07) is 5.33. The summed E-state index contributed by atoms with van der Waals surface area (Å²) in [5.74, 6) is -0.462. The third kappa shape index (κ3) is 2.63. The maximum atomic E-state index is 11.5. The second-order valence-electron chi connectivity index (χ2n) is 3.29. The zero-order valence-electron chi connectivity index (χ0n) is 9.33. The molecule has 0 unspecified atom stereocenters. The Morgan fingerprint density at radius 1 is 1.29 bits per heavy atom. The fourth-order valence-corrected chi connectivity index (χ4v) is 1.37. The highest BCUT2D eigenvalue weighted by molar-refractivity contribution is 5.88. The van der Waals surface area contributed by atoms with Gasteiger partial charge in [0.15, 0.2) is 5.69 Å². The average Bonchev–Trinajstić information content (AvgIpc) is 2.40. The normalized spacial score (nSPS) is 9.94. The Bertz CT molecular complexity index is 514. The predicted octanol–water partition coefficient (Wildman–Crippen LogP) is 1.72. The molecule has 0 amide bonds. The topological polar surface area (TPSA) is 65.0 Å². The van der Waals surface area contributed by atoms with E-state index in [1.54, 1.807) is 31.6 Å². The second-order valence-corrected chi connectivity index (χ2v) is 3.29. The first-order chi connectivity index (χ1) is 8.31. The van der Waals surface area contributed by atoms with Crippen LogP contribution in [0.3, 0.4) is 0 Å². The SMILES string of the molecule is CCOC(=O)c1cc(-c2ccncc2)cnn1. The molecule has 2 rings (SSSR count). The molecule has 0 atom stereocenters. The molecule has 0 saturated carbocycles. The van der Waals surface area contributed by atoms with Crippen LogP contribution in [0.15, 0.2) is 36.8 Å². The van der Waals surface area contributed by atoms with Crippen molar-refractivity contribution in [1.29, 1.82) is 0 Å². The van der Waals surface area contributed by atoms with Crippen molar-refractivity contribution >= 4 is 5.97 Å². The number of pyridine rings is 1. The summed E-state index contributed by atoms with van der Waals surface area (Å²) in [6.45, 7) is 2.07. The van der Waals surface area contributed by atoms with E-state index in [2.05, 4.69) is 15.2 Å². The van der Waals surface area contributed by atoms with Crippen LogP contribution in [0.2, 0.25) is 0 Å². The minimum absolute atomic E-state index is 0.209. The lowest BCUT2D eigenvalue weighted by molar-refractivity contribution is 0.0518. The molecule has 0 aliphatic rings. The van der Waals surface area contributed by atoms with Gasteiger partial charge in [0.05, 0.1) is 12.8 Å². The lowest BCUT2D eigenvalue weighted by Crippen LogP contribution is -2.08. The molecule has 5 heteroatoms. The van der Waals surface area contributed by atoms with Crippen LogP contribution >= 0.6 is 0 Å². The van der Waals surface area contributed by atoms with E-state index >= 15 is 0 Å². The van der Waals surface area contributed by atoms with Gasteiger partial charge >= 0.3 is 5.97 Å². The van der Waals surface area contributed by atoms with E-state index in [1.807, 2.05) is 12.1 Å². The van der Waals surface area contributed by atoms with Crippen molar-refractivity contribution in [2.45, 2.75) is 6.92 Å². The molecule has 5 nitrogen and oxygen atoms in total. The number of esters is 1. The highest BCUT2D eigenvalue weighted by Gasteiger charge is 2.10. The molecule has 2 heterocycles. The number of hydrogen-bond donors (Lipinski definition) is 0. The van der Waals surface area contributed by atoms with Gasteiger partial charge in [-0.15, -0.1) is 5.10 Å². The zero-order valence-corrected chi connectivity index (χ0v) is 9.33. The van der Waals surface area contributed by atoms with E-state index in [9.17, 15) is 4.79 Å². The van der Waals surface area contributed by atoms with Crippen molar-refractivity contribution in [2.24, 2.45) is 0 Å². The lowest BCUT2D eigenvalue weighted by atomic mass is 10.1. The summed E-state index contributed by atoms with van der Waals surface area (Å²) in [4.78, 5) is 15.4. The monoisotopic (exact) mass is 229 g/mol. The number of carbonyl (C=O) groups excluding carboxylic acids is 1. The van der Waals surface area contributed by atoms with Crippen LogP contribution in [0.1, 0.15) is 17.4 Å². The summed E-state index contributed by atoms with van der Waals surface area (Å²) in [6.07, 6.45) is 4.96. The molecular weight excluding hydrogens is 218 g/mol. The van der Waals surface area contributed by atoms with E-state index in [1.165, 1.54) is 0 Å². The van der Waals surface area contributed by atoms with Crippen LogP contribution in [0.5, 0.6) is 0 Å². The standard InChI is InChI=1S/C12H11N3O2/c1-2-17-12(16)11-7-10(8-14-15-11)9-3-5-13-6-4-9/h3-8H,2H2,1H3. The molecule has 2 aromatic heterocycles. The number of ether oxygens (including phenoxy) is 1. The Morgan fingerprint density at radius 3 is 2.76 bits per heavy atom. The van der Waals surface area contributed by atoms with Crippen LogP contribution in [0, 0.1) is 0 Å². The van der Waals surface area contributed by atoms with Gasteiger partial charge in [0.2, 0.25) is 0 Å². The molecule has 2 aromatic rings. The molecule has 0 saturated heterocycles. The smallest absolute Gasteiger partial charge is 0.358 e. The van der Waals surface area contributed by atoms with Crippen LogP contribution in [0.25, 0.3) is 11.1 Å². The Labute approximate surface area is 98.5 Å². The van der Waals surface area contributed by atoms with Crippen molar-refractivity contribution in [2.75, 3.05) is 6.61 Å². The molecule has 0 aliphatic heterocycles. The number of hydrogen-bond acceptors (Lipinski definition) is 5. The fourth-order valence-electron chi connectivity index (χ4n) is 1.37. The maximum Gasteiger partial charge on any atom is 0.358 e. The zero-order chi connectivity index (χ0) is 12.1. The molecule has 0 spiro atoms. The fraction of sp³-hybridized carbons (Fsp3) is 0.167. The molecule has 0 aliphatic carbocycles. The van der Waals surface area contributed by atoms with E-state index in [4.69, 9.17) is 4.74 Å². The van der Waals surface area contributed by atoms with Crippen LogP contribution in [-0.2, 0) is 4.74 Å². The van der Waals surface area contributed by atoms with Crippen molar-refractivity contribution < 1.29 is 9.53 Å². The molecule has 17 heavy (non-hydrogen) atoms. The molecule has 86 valence electrons. The van der Waals surface area contributed by atoms with Crippen LogP contribution in [-0.4, -0.2) is 27.8 Å². The summed E-state index contributed by atoms with van der Waals surface area (Å²) in [7, 11) is 0. The molecular formula is C12H11N3O2. The third-order valence-corrected chi connectivity index (χ3v) is 2.15. The predicted molar refractivity (Wildman–Crippen MR) is 61.2 cm³/mol. The number of carbonyl (C=O) groups is 1. The highest BCUT2D eigenvalue weighted by Crippen LogP contribution is 2.17. The first kappa shape index (κ1) is 11.2. The van der Waals surface area contributed by atoms with Gasteiger partial charge in [-0.05, 0) is 30.7 Å². The van der Waals surface area contributed by atoms with Gasteiger partial charge in [0.1, 0.15) is 0 Å². The van der Waals surface area contributed by atoms with Crippen LogP contribution in [0.4, 0.5) is 0 Å². The molecule has 0 N–H and O–H groups in total. The molecule has 0 fully saturated rings. The molecule has 0 aromatic carbocycles. The average molecular weight is 229 g/mol. The van der Waals surface area contributed by atoms with E-state index < -0.39 is 5.97 Å². The minimum atomic E-state index is -0.462. The van der Waals surface area contributed by atoms with Crippen molar-refractivity contribution in [3.05, 3.63) is 42.5 Å². The van der Waals surface area contributed by atoms with Crippen molar-refractivity contribution in [3.63, 3.8) is 0 Å². The van der Waals surface area contributed by atoms with Gasteiger partial charge in [0, 0.05) is 18.0 Å². The Kier molecular flexibility index (Phi) is 3.40. The third-order valence-electron chi connectivity index (χ3n) is 2.15. The Morgan fingerprint density at radius 2 is 2.06 bits per heavy atom. The first-order valence-electron chi connectivity index (χ1n) is 5.21. The number of nitrogens with zero attached hydrogens (tertiary/aromatic N) is 3. The quantitative estimate of drug-likeness (QED) is 0.750. The van der Waals surface area contributed by atoms with Gasteiger partial charge in [-0.25, -0.2) is 4.79 Å². The van der Waals surface area contributed by atoms with E-state index in [0.29, 0.717) is 6.61 Å². The second kappa shape index (κ2) is 5.16. The Balaban J connectivity index is 2.32. The van der Waals surface area contributed by atoms with Gasteiger partial charge in [-0.3, -0.25) is 4.98 Å². The van der Waals surface area contributed by atoms with Gasteiger partial charge in [-0.1, -0.05) is 0 Å². The Hall–Kier alpha value is -2.30. The number of aromatic nitrogens is 3. The summed E-state index contributed by atoms with van der Waals surface area (Å²) >= 11 is 0. The largest absolute Gasteiger partial charge is 0.461 e. The summed E-state index contributed by atoms with van der Waals surface area (Å²) in [5.41, 5.74) is 1.95. The maximum absolute atomic E-state index is 11.5. The summed E-state index contributed by atoms with van der Waals surface area (Å²) in [5, 5.41) is 7.54. The van der Waals surface area contributed by atoms with Crippen molar-refractivity contribution in [3.8, 4) is 11.1 Å². The van der Waals surface area contributed by atoms with E-state index in [-0.39, 0.29) is 5.69 Å². The number of rotatable bonds is 3. The summed E-state index contributed by atoms with van der Waals surface area (Å²) < 4.78 is 4.87. The minimum Gasteiger partial charge on any atom is -0.461 e. The molecule has 0 radical (unpaired) electrons. The highest BCUT2D eigenvalue weighted by atomic mass is 16.5. The van der Waals surface area contributed by atoms with Gasteiger partial charge < -0.3 is 4.74 Å². The molecule has 0 bridgehead atoms. The van der Waals surface area contributed by atoms with Crippen molar-refractivity contribution in [1.82, 2.24) is 15.2 Å². The first-order valence-corrected chi connectivity index (χ1v) is 5.21. The van der Waals surface area contributed by atoms with Gasteiger partial charge in [0.25, 0.3) is 0 Å². The van der Waals surface area contributed by atoms with Gasteiger partial charge in [-0.2, -0.15) is 5.10 Å². The van der Waals surface area contributed by atoms with E-state index in [0.717, 1.165) is 11.1 Å².